The maximum Gasteiger partial charge on any atom is 0.228 e. The van der Waals surface area contributed by atoms with Crippen LogP contribution in [0.3, 0.4) is 0 Å². The van der Waals surface area contributed by atoms with E-state index in [2.05, 4.69) is 9.88 Å². The van der Waals surface area contributed by atoms with Crippen LogP contribution in [0.15, 0.2) is 36.5 Å². The number of aryl methyl sites for hydroxylation is 1. The molecule has 3 heterocycles. The maximum atomic E-state index is 13.1. The second-order valence-electron chi connectivity index (χ2n) is 7.73. The van der Waals surface area contributed by atoms with Gasteiger partial charge in [0.2, 0.25) is 11.8 Å². The molecule has 158 valence electrons. The van der Waals surface area contributed by atoms with Crippen LogP contribution in [0.25, 0.3) is 0 Å². The molecule has 0 aliphatic carbocycles. The molecule has 2 saturated heterocycles. The Balaban J connectivity index is 1.40. The van der Waals surface area contributed by atoms with Crippen molar-refractivity contribution in [2.24, 2.45) is 5.92 Å². The number of rotatable bonds is 4. The first-order valence-electron chi connectivity index (χ1n) is 10.1. The van der Waals surface area contributed by atoms with Gasteiger partial charge in [0.05, 0.1) is 23.7 Å². The summed E-state index contributed by atoms with van der Waals surface area (Å²) >= 11 is 5.91. The lowest BCUT2D eigenvalue weighted by molar-refractivity contribution is -0.136. The van der Waals surface area contributed by atoms with Crippen LogP contribution in [0.4, 0.5) is 11.5 Å². The van der Waals surface area contributed by atoms with Crippen LogP contribution in [-0.4, -0.2) is 61.5 Å². The molecular weight excluding hydrogens is 404 g/mol. The highest BCUT2D eigenvalue weighted by Crippen LogP contribution is 2.34. The van der Waals surface area contributed by atoms with Crippen molar-refractivity contribution in [3.05, 3.63) is 47.1 Å². The number of ether oxygens (including phenoxy) is 1. The molecule has 1 atom stereocenters. The Labute approximate surface area is 181 Å². The topological polar surface area (TPSA) is 66.0 Å². The van der Waals surface area contributed by atoms with E-state index in [1.54, 1.807) is 18.2 Å². The number of carbonyl (C=O) groups excluding carboxylic acids is 2. The van der Waals surface area contributed by atoms with Crippen LogP contribution in [0.2, 0.25) is 5.02 Å². The van der Waals surface area contributed by atoms with E-state index >= 15 is 0 Å². The summed E-state index contributed by atoms with van der Waals surface area (Å²) in [5.74, 6) is 1.18. The van der Waals surface area contributed by atoms with Gasteiger partial charge >= 0.3 is 0 Å². The average Bonchev–Trinajstić information content (AvgIpc) is 3.15. The van der Waals surface area contributed by atoms with Gasteiger partial charge in [-0.15, -0.1) is 0 Å². The Morgan fingerprint density at radius 1 is 1.17 bits per heavy atom. The van der Waals surface area contributed by atoms with E-state index in [4.69, 9.17) is 16.3 Å². The summed E-state index contributed by atoms with van der Waals surface area (Å²) in [4.78, 5) is 35.8. The van der Waals surface area contributed by atoms with E-state index in [-0.39, 0.29) is 24.2 Å². The van der Waals surface area contributed by atoms with E-state index in [9.17, 15) is 9.59 Å². The Morgan fingerprint density at radius 2 is 1.93 bits per heavy atom. The molecule has 1 unspecified atom stereocenters. The highest BCUT2D eigenvalue weighted by Gasteiger charge is 2.38. The van der Waals surface area contributed by atoms with E-state index < -0.39 is 0 Å². The molecule has 0 saturated carbocycles. The van der Waals surface area contributed by atoms with Gasteiger partial charge in [-0.2, -0.15) is 0 Å². The van der Waals surface area contributed by atoms with Gasteiger partial charge < -0.3 is 19.4 Å². The lowest BCUT2D eigenvalue weighted by Crippen LogP contribution is -2.51. The lowest BCUT2D eigenvalue weighted by atomic mass is 10.1. The van der Waals surface area contributed by atoms with Crippen LogP contribution in [0.1, 0.15) is 12.0 Å². The number of piperazine rings is 1. The minimum absolute atomic E-state index is 0.0405. The van der Waals surface area contributed by atoms with E-state index in [0.717, 1.165) is 17.1 Å². The monoisotopic (exact) mass is 428 g/mol. The molecule has 30 heavy (non-hydrogen) atoms. The Morgan fingerprint density at radius 3 is 2.60 bits per heavy atom. The molecule has 7 nitrogen and oxygen atoms in total. The molecule has 2 fully saturated rings. The first-order chi connectivity index (χ1) is 14.5. The average molecular weight is 429 g/mol. The molecule has 2 amide bonds. The molecule has 0 radical (unpaired) electrons. The fraction of sp³-hybridized carbons (Fsp3) is 0.409. The molecule has 0 N–H and O–H groups in total. The third-order valence-electron chi connectivity index (χ3n) is 5.73. The number of benzene rings is 1. The summed E-state index contributed by atoms with van der Waals surface area (Å²) in [6.45, 7) is 4.99. The zero-order valence-corrected chi connectivity index (χ0v) is 17.9. The number of pyridine rings is 1. The summed E-state index contributed by atoms with van der Waals surface area (Å²) in [5.41, 5.74) is 1.77. The smallest absolute Gasteiger partial charge is 0.228 e. The van der Waals surface area contributed by atoms with Crippen molar-refractivity contribution in [2.75, 3.05) is 49.6 Å². The molecule has 0 bridgehead atoms. The number of hydrogen-bond donors (Lipinski definition) is 0. The molecule has 1 aromatic heterocycles. The highest BCUT2D eigenvalue weighted by molar-refractivity contribution is 6.30. The zero-order valence-electron chi connectivity index (χ0n) is 17.2. The predicted molar refractivity (Wildman–Crippen MR) is 116 cm³/mol. The number of nitrogens with zero attached hydrogens (tertiary/aromatic N) is 4. The minimum Gasteiger partial charge on any atom is -0.495 e. The molecule has 1 aromatic carbocycles. The molecular formula is C22H25ClN4O3. The number of amides is 2. The number of carbonyl (C=O) groups is 2. The predicted octanol–water partition coefficient (Wildman–Crippen LogP) is 2.75. The Bertz CT molecular complexity index is 942. The van der Waals surface area contributed by atoms with Crippen molar-refractivity contribution in [1.29, 1.82) is 0 Å². The summed E-state index contributed by atoms with van der Waals surface area (Å²) in [7, 11) is 1.59. The van der Waals surface area contributed by atoms with E-state index in [1.807, 2.05) is 42.2 Å². The first kappa shape index (κ1) is 20.5. The third kappa shape index (κ3) is 4.07. The summed E-state index contributed by atoms with van der Waals surface area (Å²) in [5, 5.41) is 0.605. The highest BCUT2D eigenvalue weighted by atomic mass is 35.5. The van der Waals surface area contributed by atoms with Gasteiger partial charge in [-0.05, 0) is 36.8 Å². The van der Waals surface area contributed by atoms with Gasteiger partial charge in [0, 0.05) is 45.3 Å². The number of halogens is 1. The zero-order chi connectivity index (χ0) is 21.3. The van der Waals surface area contributed by atoms with Crippen molar-refractivity contribution in [1.82, 2.24) is 9.88 Å². The summed E-state index contributed by atoms with van der Waals surface area (Å²) in [6.07, 6.45) is 1.86. The lowest BCUT2D eigenvalue weighted by Gasteiger charge is -2.36. The van der Waals surface area contributed by atoms with Crippen molar-refractivity contribution < 1.29 is 14.3 Å². The number of hydrogen-bond acceptors (Lipinski definition) is 5. The second-order valence-corrected chi connectivity index (χ2v) is 8.16. The second kappa shape index (κ2) is 8.52. The SMILES string of the molecule is COc1ccc(C)cc1N1CC(C(=O)N2CCN(c3ccc(Cl)cn3)CC2)CC1=O. The third-order valence-corrected chi connectivity index (χ3v) is 5.95. The minimum atomic E-state index is -0.331. The van der Waals surface area contributed by atoms with Gasteiger partial charge in [0.25, 0.3) is 0 Å². The largest absolute Gasteiger partial charge is 0.495 e. The van der Waals surface area contributed by atoms with Crippen molar-refractivity contribution >= 4 is 34.9 Å². The number of methoxy groups -OCH3 is 1. The van der Waals surface area contributed by atoms with Crippen LogP contribution in [-0.2, 0) is 9.59 Å². The van der Waals surface area contributed by atoms with Crippen LogP contribution in [0.5, 0.6) is 5.75 Å². The Hall–Kier alpha value is -2.80. The van der Waals surface area contributed by atoms with Crippen LogP contribution >= 0.6 is 11.6 Å². The number of aromatic nitrogens is 1. The fourth-order valence-corrected chi connectivity index (χ4v) is 4.20. The van der Waals surface area contributed by atoms with Gasteiger partial charge in [-0.3, -0.25) is 9.59 Å². The van der Waals surface area contributed by atoms with Gasteiger partial charge in [-0.25, -0.2) is 4.98 Å². The molecule has 2 aromatic rings. The standard InChI is InChI=1S/C22H25ClN4O3/c1-15-3-5-19(30-2)18(11-15)27-14-16(12-21(27)28)22(29)26-9-7-25(8-10-26)20-6-4-17(23)13-24-20/h3-6,11,13,16H,7-10,12,14H2,1-2H3. The van der Waals surface area contributed by atoms with E-state index in [0.29, 0.717) is 43.5 Å². The summed E-state index contributed by atoms with van der Waals surface area (Å²) in [6, 6.07) is 9.45. The van der Waals surface area contributed by atoms with Crippen LogP contribution in [0, 0.1) is 12.8 Å². The van der Waals surface area contributed by atoms with Crippen molar-refractivity contribution in [2.45, 2.75) is 13.3 Å². The van der Waals surface area contributed by atoms with Crippen molar-refractivity contribution in [3.8, 4) is 5.75 Å². The number of anilines is 2. The van der Waals surface area contributed by atoms with Gasteiger partial charge in [0.15, 0.2) is 0 Å². The van der Waals surface area contributed by atoms with Crippen molar-refractivity contribution in [3.63, 3.8) is 0 Å². The van der Waals surface area contributed by atoms with Gasteiger partial charge in [-0.1, -0.05) is 17.7 Å². The Kier molecular flexibility index (Phi) is 5.81. The van der Waals surface area contributed by atoms with Gasteiger partial charge in [0.1, 0.15) is 11.6 Å². The maximum absolute atomic E-state index is 13.1. The van der Waals surface area contributed by atoms with Crippen LogP contribution < -0.4 is 14.5 Å². The summed E-state index contributed by atoms with van der Waals surface area (Å²) < 4.78 is 5.43. The quantitative estimate of drug-likeness (QED) is 0.749. The first-order valence-corrected chi connectivity index (χ1v) is 10.4. The molecule has 2 aliphatic rings. The molecule has 0 spiro atoms. The van der Waals surface area contributed by atoms with E-state index in [1.165, 1.54) is 0 Å². The molecule has 2 aliphatic heterocycles. The fourth-order valence-electron chi connectivity index (χ4n) is 4.09. The molecule has 8 heteroatoms. The molecule has 4 rings (SSSR count). The normalized spacial score (nSPS) is 19.4.